The first-order valence-electron chi connectivity index (χ1n) is 5.85. The van der Waals surface area contributed by atoms with Gasteiger partial charge >= 0.3 is 11.9 Å². The van der Waals surface area contributed by atoms with Gasteiger partial charge in [0, 0.05) is 39.2 Å². The number of carbonyl (C=O) groups is 3. The minimum atomic E-state index is -0.629. The fourth-order valence-electron chi connectivity index (χ4n) is 1.70. The SMILES string of the molecule is COC(=O)/C=C/C(=O)O[C@H]1CN[C@H](C(=O)N(C)C)C1. The lowest BCUT2D eigenvalue weighted by Gasteiger charge is -2.15. The maximum Gasteiger partial charge on any atom is 0.331 e. The molecule has 1 heterocycles. The molecular formula is C12H18N2O5. The zero-order valence-corrected chi connectivity index (χ0v) is 11.2. The minimum Gasteiger partial charge on any atom is -0.466 e. The molecule has 0 spiro atoms. The quantitative estimate of drug-likeness (QED) is 0.525. The van der Waals surface area contributed by atoms with Crippen LogP contribution in [0.5, 0.6) is 0 Å². The molecule has 0 unspecified atom stereocenters. The van der Waals surface area contributed by atoms with Crippen molar-refractivity contribution in [2.45, 2.75) is 18.6 Å². The molecule has 19 heavy (non-hydrogen) atoms. The molecule has 0 aromatic rings. The number of ether oxygens (including phenoxy) is 2. The van der Waals surface area contributed by atoms with Crippen molar-refractivity contribution in [2.24, 2.45) is 0 Å². The van der Waals surface area contributed by atoms with Gasteiger partial charge < -0.3 is 19.7 Å². The lowest BCUT2D eigenvalue weighted by Crippen LogP contribution is -2.39. The van der Waals surface area contributed by atoms with Crippen LogP contribution < -0.4 is 5.32 Å². The summed E-state index contributed by atoms with van der Waals surface area (Å²) in [7, 11) is 4.56. The second kappa shape index (κ2) is 6.89. The van der Waals surface area contributed by atoms with E-state index in [0.717, 1.165) is 12.2 Å². The van der Waals surface area contributed by atoms with Crippen LogP contribution in [0.15, 0.2) is 12.2 Å². The van der Waals surface area contributed by atoms with Gasteiger partial charge in [0.05, 0.1) is 13.2 Å². The molecule has 0 bridgehead atoms. The first-order chi connectivity index (χ1) is 8.93. The normalized spacial score (nSPS) is 22.3. The Hall–Kier alpha value is -1.89. The predicted molar refractivity (Wildman–Crippen MR) is 66.1 cm³/mol. The summed E-state index contributed by atoms with van der Waals surface area (Å²) in [5.41, 5.74) is 0. The fraction of sp³-hybridized carbons (Fsp3) is 0.583. The Balaban J connectivity index is 2.40. The van der Waals surface area contributed by atoms with Crippen LogP contribution in [-0.2, 0) is 23.9 Å². The first-order valence-corrected chi connectivity index (χ1v) is 5.85. The van der Waals surface area contributed by atoms with Crippen molar-refractivity contribution in [3.05, 3.63) is 12.2 Å². The summed E-state index contributed by atoms with van der Waals surface area (Å²) in [6.07, 6.45) is 2.05. The molecular weight excluding hydrogens is 252 g/mol. The third-order valence-corrected chi connectivity index (χ3v) is 2.67. The molecule has 1 aliphatic heterocycles. The minimum absolute atomic E-state index is 0.0522. The van der Waals surface area contributed by atoms with Crippen LogP contribution in [0.2, 0.25) is 0 Å². The fourth-order valence-corrected chi connectivity index (χ4v) is 1.70. The molecule has 7 heteroatoms. The Bertz CT molecular complexity index is 392. The lowest BCUT2D eigenvalue weighted by atomic mass is 10.2. The Labute approximate surface area is 111 Å². The van der Waals surface area contributed by atoms with Crippen molar-refractivity contribution in [2.75, 3.05) is 27.7 Å². The van der Waals surface area contributed by atoms with Crippen LogP contribution >= 0.6 is 0 Å². The maximum atomic E-state index is 11.7. The van der Waals surface area contributed by atoms with E-state index in [-0.39, 0.29) is 18.1 Å². The van der Waals surface area contributed by atoms with Gasteiger partial charge in [-0.3, -0.25) is 4.79 Å². The summed E-state index contributed by atoms with van der Waals surface area (Å²) in [5, 5.41) is 2.99. The highest BCUT2D eigenvalue weighted by atomic mass is 16.5. The summed E-state index contributed by atoms with van der Waals surface area (Å²) >= 11 is 0. The number of hydrogen-bond donors (Lipinski definition) is 1. The van der Waals surface area contributed by atoms with E-state index in [1.165, 1.54) is 12.0 Å². The van der Waals surface area contributed by atoms with Crippen LogP contribution in [0.3, 0.4) is 0 Å². The number of nitrogens with one attached hydrogen (secondary N) is 1. The van der Waals surface area contributed by atoms with Crippen molar-refractivity contribution in [1.29, 1.82) is 0 Å². The first kappa shape index (κ1) is 15.2. The van der Waals surface area contributed by atoms with Crippen molar-refractivity contribution < 1.29 is 23.9 Å². The lowest BCUT2D eigenvalue weighted by molar-refractivity contribution is -0.143. The van der Waals surface area contributed by atoms with E-state index in [1.54, 1.807) is 14.1 Å². The van der Waals surface area contributed by atoms with Crippen LogP contribution in [0.4, 0.5) is 0 Å². The van der Waals surface area contributed by atoms with E-state index in [9.17, 15) is 14.4 Å². The van der Waals surface area contributed by atoms with Gasteiger partial charge in [0.15, 0.2) is 0 Å². The largest absolute Gasteiger partial charge is 0.466 e. The standard InChI is InChI=1S/C12H18N2O5/c1-14(2)12(17)9-6-8(7-13-9)19-11(16)5-4-10(15)18-3/h4-5,8-9,13H,6-7H2,1-3H3/b5-4+/t8-,9+/m1/s1. The highest BCUT2D eigenvalue weighted by molar-refractivity contribution is 5.91. The van der Waals surface area contributed by atoms with E-state index in [4.69, 9.17) is 4.74 Å². The molecule has 1 N–H and O–H groups in total. The zero-order valence-electron chi connectivity index (χ0n) is 11.2. The molecule has 0 saturated carbocycles. The number of methoxy groups -OCH3 is 1. The van der Waals surface area contributed by atoms with Crippen LogP contribution in [0.1, 0.15) is 6.42 Å². The third-order valence-electron chi connectivity index (χ3n) is 2.67. The van der Waals surface area contributed by atoms with Crippen LogP contribution in [0.25, 0.3) is 0 Å². The Morgan fingerprint density at radius 2 is 1.84 bits per heavy atom. The number of likely N-dealkylation sites (N-methyl/N-ethyl adjacent to an activating group) is 1. The van der Waals surface area contributed by atoms with Gasteiger partial charge in [-0.2, -0.15) is 0 Å². The van der Waals surface area contributed by atoms with E-state index < -0.39 is 11.9 Å². The maximum absolute atomic E-state index is 11.7. The number of nitrogens with zero attached hydrogens (tertiary/aromatic N) is 1. The molecule has 0 aromatic heterocycles. The number of hydrogen-bond acceptors (Lipinski definition) is 6. The summed E-state index contributed by atoms with van der Waals surface area (Å²) < 4.78 is 9.45. The number of carbonyl (C=O) groups excluding carboxylic acids is 3. The second-order valence-electron chi connectivity index (χ2n) is 4.34. The highest BCUT2D eigenvalue weighted by Gasteiger charge is 2.32. The second-order valence-corrected chi connectivity index (χ2v) is 4.34. The van der Waals surface area contributed by atoms with Crippen molar-refractivity contribution in [3.8, 4) is 0 Å². The van der Waals surface area contributed by atoms with Gasteiger partial charge in [0.25, 0.3) is 0 Å². The van der Waals surface area contributed by atoms with Gasteiger partial charge in [0.2, 0.25) is 5.91 Å². The van der Waals surface area contributed by atoms with E-state index >= 15 is 0 Å². The topological polar surface area (TPSA) is 84.9 Å². The number of esters is 2. The highest BCUT2D eigenvalue weighted by Crippen LogP contribution is 2.12. The summed E-state index contributed by atoms with van der Waals surface area (Å²) in [6, 6.07) is -0.336. The van der Waals surface area contributed by atoms with Crippen molar-refractivity contribution >= 4 is 17.8 Å². The molecule has 1 aliphatic rings. The number of rotatable bonds is 4. The summed E-state index contributed by atoms with van der Waals surface area (Å²) in [6.45, 7) is 0.419. The van der Waals surface area contributed by atoms with E-state index in [2.05, 4.69) is 10.1 Å². The van der Waals surface area contributed by atoms with E-state index in [1.807, 2.05) is 0 Å². The predicted octanol–water partition coefficient (Wildman–Crippen LogP) is -0.922. The molecule has 0 radical (unpaired) electrons. The Kier molecular flexibility index (Phi) is 5.50. The van der Waals surface area contributed by atoms with Crippen molar-refractivity contribution in [3.63, 3.8) is 0 Å². The van der Waals surface area contributed by atoms with Gasteiger partial charge in [-0.05, 0) is 0 Å². The van der Waals surface area contributed by atoms with Crippen LogP contribution in [0, 0.1) is 0 Å². The average molecular weight is 270 g/mol. The Morgan fingerprint density at radius 3 is 2.42 bits per heavy atom. The molecule has 1 amide bonds. The molecule has 106 valence electrons. The van der Waals surface area contributed by atoms with Crippen LogP contribution in [-0.4, -0.2) is 62.6 Å². The summed E-state index contributed by atoms with van der Waals surface area (Å²) in [5.74, 6) is -1.30. The molecule has 1 fully saturated rings. The average Bonchev–Trinajstić information content (AvgIpc) is 2.83. The molecule has 0 aromatic carbocycles. The smallest absolute Gasteiger partial charge is 0.331 e. The summed E-state index contributed by atoms with van der Waals surface area (Å²) in [4.78, 5) is 35.3. The zero-order chi connectivity index (χ0) is 14.4. The molecule has 1 saturated heterocycles. The third kappa shape index (κ3) is 4.70. The number of amides is 1. The monoisotopic (exact) mass is 270 g/mol. The molecule has 2 atom stereocenters. The Morgan fingerprint density at radius 1 is 1.21 bits per heavy atom. The van der Waals surface area contributed by atoms with Gasteiger partial charge in [-0.25, -0.2) is 9.59 Å². The molecule has 0 aliphatic carbocycles. The van der Waals surface area contributed by atoms with Gasteiger partial charge in [-0.15, -0.1) is 0 Å². The molecule has 1 rings (SSSR count). The van der Waals surface area contributed by atoms with Gasteiger partial charge in [0.1, 0.15) is 6.10 Å². The van der Waals surface area contributed by atoms with E-state index in [0.29, 0.717) is 13.0 Å². The van der Waals surface area contributed by atoms with Crippen molar-refractivity contribution in [1.82, 2.24) is 10.2 Å². The van der Waals surface area contributed by atoms with Gasteiger partial charge in [-0.1, -0.05) is 0 Å². The molecule has 7 nitrogen and oxygen atoms in total.